The van der Waals surface area contributed by atoms with Gasteiger partial charge in [-0.3, -0.25) is 0 Å². The van der Waals surface area contributed by atoms with Crippen LogP contribution in [-0.2, 0) is 28.4 Å². The molecule has 6 heteroatoms. The fourth-order valence-corrected chi connectivity index (χ4v) is 5.06. The summed E-state index contributed by atoms with van der Waals surface area (Å²) in [5.74, 6) is -0.301. The van der Waals surface area contributed by atoms with Gasteiger partial charge in [-0.25, -0.2) is 12.8 Å². The summed E-state index contributed by atoms with van der Waals surface area (Å²) in [4.78, 5) is 3.54. The first-order valence-corrected chi connectivity index (χ1v) is 10.5. The second kappa shape index (κ2) is 6.17. The molecular formula is C21H23FN2O2S. The highest BCUT2D eigenvalue weighted by Gasteiger charge is 2.30. The van der Waals surface area contributed by atoms with E-state index in [1.54, 1.807) is 18.2 Å². The van der Waals surface area contributed by atoms with E-state index in [-0.39, 0.29) is 11.2 Å². The monoisotopic (exact) mass is 386 g/mol. The molecule has 2 aromatic carbocycles. The van der Waals surface area contributed by atoms with Gasteiger partial charge in [0.2, 0.25) is 10.0 Å². The lowest BCUT2D eigenvalue weighted by molar-refractivity contribution is 0.391. The number of halogens is 1. The zero-order chi connectivity index (χ0) is 19.4. The first kappa shape index (κ1) is 18.2. The number of H-pyrrole nitrogens is 1. The highest BCUT2D eigenvalue weighted by atomic mass is 32.2. The van der Waals surface area contributed by atoms with Crippen LogP contribution in [0.2, 0.25) is 0 Å². The summed E-state index contributed by atoms with van der Waals surface area (Å²) in [5, 5.41) is 0.884. The lowest BCUT2D eigenvalue weighted by Crippen LogP contribution is -2.35. The number of aromatic nitrogens is 1. The van der Waals surface area contributed by atoms with Crippen LogP contribution in [0.25, 0.3) is 10.9 Å². The molecule has 27 heavy (non-hydrogen) atoms. The lowest BCUT2D eigenvalue weighted by Gasteiger charge is -2.27. The average molecular weight is 386 g/mol. The van der Waals surface area contributed by atoms with Crippen molar-refractivity contribution >= 4 is 20.9 Å². The van der Waals surface area contributed by atoms with Crippen LogP contribution in [0.15, 0.2) is 47.4 Å². The minimum Gasteiger partial charge on any atom is -0.358 e. The van der Waals surface area contributed by atoms with Crippen LogP contribution in [0.3, 0.4) is 0 Å². The van der Waals surface area contributed by atoms with Gasteiger partial charge in [-0.2, -0.15) is 4.31 Å². The molecule has 2 heterocycles. The third kappa shape index (κ3) is 3.17. The van der Waals surface area contributed by atoms with Gasteiger partial charge in [-0.1, -0.05) is 32.9 Å². The van der Waals surface area contributed by atoms with Crippen LogP contribution >= 0.6 is 0 Å². The molecule has 4 nitrogen and oxygen atoms in total. The molecule has 0 fully saturated rings. The first-order chi connectivity index (χ1) is 12.7. The van der Waals surface area contributed by atoms with Crippen LogP contribution in [-0.4, -0.2) is 24.3 Å². The first-order valence-electron chi connectivity index (χ1n) is 9.06. The largest absolute Gasteiger partial charge is 0.358 e. The SMILES string of the molecule is CC(C)(C)c1ccc(S(=O)(=O)N2CCc3[nH]c4cc(F)ccc4c3C2)cc1. The van der Waals surface area contributed by atoms with E-state index < -0.39 is 10.0 Å². The number of fused-ring (bicyclic) bond motifs is 3. The lowest BCUT2D eigenvalue weighted by atomic mass is 9.87. The molecule has 0 aliphatic carbocycles. The number of hydrogen-bond acceptors (Lipinski definition) is 2. The average Bonchev–Trinajstić information content (AvgIpc) is 2.97. The maximum atomic E-state index is 13.5. The zero-order valence-electron chi connectivity index (χ0n) is 15.7. The van der Waals surface area contributed by atoms with Crippen molar-refractivity contribution in [3.05, 3.63) is 65.1 Å². The van der Waals surface area contributed by atoms with Crippen LogP contribution in [0, 0.1) is 5.82 Å². The van der Waals surface area contributed by atoms with E-state index in [0.717, 1.165) is 22.2 Å². The Hall–Kier alpha value is -2.18. The van der Waals surface area contributed by atoms with E-state index in [1.807, 2.05) is 12.1 Å². The van der Waals surface area contributed by atoms with Crippen LogP contribution in [0.4, 0.5) is 4.39 Å². The Morgan fingerprint density at radius 2 is 1.78 bits per heavy atom. The Labute approximate surface area is 159 Å². The van der Waals surface area contributed by atoms with Gasteiger partial charge in [0.1, 0.15) is 5.82 Å². The molecule has 3 aromatic rings. The Kier molecular flexibility index (Phi) is 4.16. The summed E-state index contributed by atoms with van der Waals surface area (Å²) in [5.41, 5.74) is 3.72. The fraction of sp³-hybridized carbons (Fsp3) is 0.333. The fourth-order valence-electron chi connectivity index (χ4n) is 3.65. The van der Waals surface area contributed by atoms with Gasteiger partial charge in [-0.15, -0.1) is 0 Å². The standard InChI is InChI=1S/C21H23FN2O2S/c1-21(2,3)14-4-7-16(8-5-14)27(25,26)24-11-10-19-18(13-24)17-9-6-15(22)12-20(17)23-19/h4-9,12,23H,10-11,13H2,1-3H3. The summed E-state index contributed by atoms with van der Waals surface area (Å²) in [7, 11) is -3.58. The number of nitrogens with one attached hydrogen (secondary N) is 1. The minimum atomic E-state index is -3.58. The number of nitrogens with zero attached hydrogens (tertiary/aromatic N) is 1. The van der Waals surface area contributed by atoms with E-state index in [2.05, 4.69) is 25.8 Å². The van der Waals surface area contributed by atoms with Crippen molar-refractivity contribution in [2.24, 2.45) is 0 Å². The van der Waals surface area contributed by atoms with Crippen molar-refractivity contribution in [3.63, 3.8) is 0 Å². The molecule has 0 saturated heterocycles. The molecule has 0 unspecified atom stereocenters. The number of aromatic amines is 1. The van der Waals surface area contributed by atoms with Gasteiger partial charge in [0.15, 0.2) is 0 Å². The normalized spacial score (nSPS) is 15.9. The van der Waals surface area contributed by atoms with Gasteiger partial charge >= 0.3 is 0 Å². The van der Waals surface area contributed by atoms with Gasteiger partial charge < -0.3 is 4.98 Å². The van der Waals surface area contributed by atoms with Crippen LogP contribution in [0.5, 0.6) is 0 Å². The van der Waals surface area contributed by atoms with E-state index in [9.17, 15) is 12.8 Å². The van der Waals surface area contributed by atoms with E-state index in [0.29, 0.717) is 29.9 Å². The van der Waals surface area contributed by atoms with Gasteiger partial charge in [0.25, 0.3) is 0 Å². The summed E-state index contributed by atoms with van der Waals surface area (Å²) < 4.78 is 41.2. The maximum absolute atomic E-state index is 13.5. The van der Waals surface area contributed by atoms with Crippen molar-refractivity contribution in [1.29, 1.82) is 0 Å². The summed E-state index contributed by atoms with van der Waals surface area (Å²) in [6.07, 6.45) is 0.588. The van der Waals surface area contributed by atoms with Crippen molar-refractivity contribution in [2.75, 3.05) is 6.54 Å². The van der Waals surface area contributed by atoms with Crippen molar-refractivity contribution in [3.8, 4) is 0 Å². The quantitative estimate of drug-likeness (QED) is 0.712. The van der Waals surface area contributed by atoms with Gasteiger partial charge in [0, 0.05) is 36.1 Å². The van der Waals surface area contributed by atoms with Crippen LogP contribution < -0.4 is 0 Å². The van der Waals surface area contributed by atoms with E-state index in [4.69, 9.17) is 0 Å². The molecule has 4 rings (SSSR count). The number of rotatable bonds is 2. The molecule has 0 radical (unpaired) electrons. The molecule has 0 bridgehead atoms. The topological polar surface area (TPSA) is 53.2 Å². The summed E-state index contributed by atoms with van der Waals surface area (Å²) in [6.45, 7) is 7.00. The molecule has 0 saturated carbocycles. The Bertz CT molecular complexity index is 1110. The zero-order valence-corrected chi connectivity index (χ0v) is 16.5. The van der Waals surface area contributed by atoms with Crippen LogP contribution in [0.1, 0.15) is 37.6 Å². The molecule has 1 aromatic heterocycles. The highest BCUT2D eigenvalue weighted by molar-refractivity contribution is 7.89. The summed E-state index contributed by atoms with van der Waals surface area (Å²) >= 11 is 0. The van der Waals surface area contributed by atoms with E-state index in [1.165, 1.54) is 16.4 Å². The van der Waals surface area contributed by atoms with Crippen molar-refractivity contribution in [1.82, 2.24) is 9.29 Å². The Morgan fingerprint density at radius 1 is 1.07 bits per heavy atom. The Morgan fingerprint density at radius 3 is 2.44 bits per heavy atom. The summed E-state index contributed by atoms with van der Waals surface area (Å²) in [6, 6.07) is 11.7. The highest BCUT2D eigenvalue weighted by Crippen LogP contribution is 2.31. The molecule has 1 aliphatic rings. The number of hydrogen-bond donors (Lipinski definition) is 1. The third-order valence-electron chi connectivity index (χ3n) is 5.26. The maximum Gasteiger partial charge on any atom is 0.243 e. The molecule has 142 valence electrons. The van der Waals surface area contributed by atoms with Gasteiger partial charge in [0.05, 0.1) is 4.90 Å². The van der Waals surface area contributed by atoms with Crippen molar-refractivity contribution < 1.29 is 12.8 Å². The molecule has 1 aliphatic heterocycles. The molecule has 0 spiro atoms. The molecular weight excluding hydrogens is 363 g/mol. The number of sulfonamides is 1. The third-order valence-corrected chi connectivity index (χ3v) is 7.12. The predicted molar refractivity (Wildman–Crippen MR) is 105 cm³/mol. The molecule has 1 N–H and O–H groups in total. The molecule has 0 amide bonds. The second-order valence-electron chi connectivity index (χ2n) is 8.13. The second-order valence-corrected chi connectivity index (χ2v) is 10.1. The number of benzene rings is 2. The predicted octanol–water partition coefficient (Wildman–Crippen LogP) is 4.35. The minimum absolute atomic E-state index is 0.0262. The van der Waals surface area contributed by atoms with Gasteiger partial charge in [-0.05, 0) is 46.9 Å². The smallest absolute Gasteiger partial charge is 0.243 e. The van der Waals surface area contributed by atoms with E-state index >= 15 is 0 Å². The molecule has 0 atom stereocenters. The Balaban J connectivity index is 1.67. The van der Waals surface area contributed by atoms with Crippen molar-refractivity contribution in [2.45, 2.75) is 44.0 Å².